The Morgan fingerprint density at radius 3 is 2.79 bits per heavy atom. The summed E-state index contributed by atoms with van der Waals surface area (Å²) in [7, 11) is 0. The van der Waals surface area contributed by atoms with Crippen molar-refractivity contribution in [1.82, 2.24) is 4.37 Å². The van der Waals surface area contributed by atoms with Crippen molar-refractivity contribution in [2.24, 2.45) is 5.73 Å². The largest absolute Gasteiger partial charge is 0.484 e. The quantitative estimate of drug-likeness (QED) is 0.691. The molecule has 8 heteroatoms. The minimum Gasteiger partial charge on any atom is -0.484 e. The zero-order chi connectivity index (χ0) is 19.7. The molecular formula is C20H16FN3O3S. The first-order valence-corrected chi connectivity index (χ1v) is 9.35. The van der Waals surface area contributed by atoms with E-state index in [1.165, 1.54) is 23.7 Å². The van der Waals surface area contributed by atoms with Gasteiger partial charge >= 0.3 is 0 Å². The third-order valence-corrected chi connectivity index (χ3v) is 5.41. The third kappa shape index (κ3) is 3.59. The van der Waals surface area contributed by atoms with Crippen molar-refractivity contribution in [2.45, 2.75) is 12.3 Å². The van der Waals surface area contributed by atoms with E-state index < -0.39 is 5.91 Å². The van der Waals surface area contributed by atoms with E-state index in [0.717, 1.165) is 10.4 Å². The fraction of sp³-hybridized carbons (Fsp3) is 0.150. The number of primary amides is 1. The van der Waals surface area contributed by atoms with E-state index in [1.807, 2.05) is 12.1 Å². The van der Waals surface area contributed by atoms with Crippen LogP contribution in [0.4, 0.5) is 10.1 Å². The van der Waals surface area contributed by atoms with Gasteiger partial charge in [0.25, 0.3) is 5.91 Å². The van der Waals surface area contributed by atoms with Gasteiger partial charge in [0.1, 0.15) is 17.3 Å². The molecule has 2 aromatic carbocycles. The monoisotopic (exact) mass is 397 g/mol. The number of fused-ring (bicyclic) bond motifs is 1. The van der Waals surface area contributed by atoms with Gasteiger partial charge in [-0.25, -0.2) is 4.39 Å². The van der Waals surface area contributed by atoms with Gasteiger partial charge in [0.05, 0.1) is 10.6 Å². The van der Waals surface area contributed by atoms with Gasteiger partial charge < -0.3 is 15.8 Å². The molecule has 0 saturated carbocycles. The van der Waals surface area contributed by atoms with E-state index in [2.05, 4.69) is 9.69 Å². The number of carbonyl (C=O) groups is 2. The van der Waals surface area contributed by atoms with Crippen LogP contribution < -0.4 is 15.8 Å². The van der Waals surface area contributed by atoms with Gasteiger partial charge in [-0.15, -0.1) is 0 Å². The first-order chi connectivity index (χ1) is 13.5. The summed E-state index contributed by atoms with van der Waals surface area (Å²) in [5.41, 5.74) is 7.82. The zero-order valence-corrected chi connectivity index (χ0v) is 15.5. The van der Waals surface area contributed by atoms with Gasteiger partial charge in [-0.2, -0.15) is 4.37 Å². The van der Waals surface area contributed by atoms with Crippen molar-refractivity contribution in [3.63, 3.8) is 0 Å². The highest BCUT2D eigenvalue weighted by Crippen LogP contribution is 2.44. The molecule has 142 valence electrons. The summed E-state index contributed by atoms with van der Waals surface area (Å²) < 4.78 is 23.4. The van der Waals surface area contributed by atoms with E-state index in [-0.39, 0.29) is 24.2 Å². The van der Waals surface area contributed by atoms with E-state index in [9.17, 15) is 14.0 Å². The molecule has 0 spiro atoms. The first kappa shape index (κ1) is 18.1. The molecule has 0 fully saturated rings. The number of nitrogens with zero attached hydrogens (tertiary/aromatic N) is 1. The third-order valence-electron chi connectivity index (χ3n) is 4.45. The second-order valence-corrected chi connectivity index (χ2v) is 7.21. The summed E-state index contributed by atoms with van der Waals surface area (Å²) >= 11 is 1.30. The van der Waals surface area contributed by atoms with Gasteiger partial charge in [-0.1, -0.05) is 24.3 Å². The second-order valence-electron chi connectivity index (χ2n) is 6.41. The Kier molecular flexibility index (Phi) is 4.79. The molecule has 2 heterocycles. The SMILES string of the molecule is NC(=O)COc1ccc([C@H]2CC(=O)Nc3c(-c4cccc(F)c4)nsc32)cc1. The van der Waals surface area contributed by atoms with Gasteiger partial charge in [-0.05, 0) is 41.4 Å². The maximum atomic E-state index is 13.6. The van der Waals surface area contributed by atoms with Gasteiger partial charge in [-0.3, -0.25) is 9.59 Å². The van der Waals surface area contributed by atoms with E-state index >= 15 is 0 Å². The van der Waals surface area contributed by atoms with Crippen LogP contribution in [0.1, 0.15) is 22.8 Å². The van der Waals surface area contributed by atoms with Crippen molar-refractivity contribution in [2.75, 3.05) is 11.9 Å². The molecular weight excluding hydrogens is 381 g/mol. The molecule has 0 radical (unpaired) electrons. The average molecular weight is 397 g/mol. The molecule has 4 rings (SSSR count). The Balaban J connectivity index is 1.66. The predicted octanol–water partition coefficient (Wildman–Crippen LogP) is 3.29. The van der Waals surface area contributed by atoms with Crippen LogP contribution in [0.2, 0.25) is 0 Å². The summed E-state index contributed by atoms with van der Waals surface area (Å²) in [4.78, 5) is 24.1. The maximum Gasteiger partial charge on any atom is 0.255 e. The normalized spacial score (nSPS) is 15.6. The number of benzene rings is 2. The number of nitrogens with one attached hydrogen (secondary N) is 1. The van der Waals surface area contributed by atoms with Crippen molar-refractivity contribution in [1.29, 1.82) is 0 Å². The van der Waals surface area contributed by atoms with Crippen LogP contribution in [0.5, 0.6) is 5.75 Å². The molecule has 1 aliphatic rings. The lowest BCUT2D eigenvalue weighted by atomic mass is 9.89. The number of hydrogen-bond acceptors (Lipinski definition) is 5. The molecule has 0 saturated heterocycles. The summed E-state index contributed by atoms with van der Waals surface area (Å²) in [5.74, 6) is -0.664. The molecule has 6 nitrogen and oxygen atoms in total. The zero-order valence-electron chi connectivity index (χ0n) is 14.6. The topological polar surface area (TPSA) is 94.3 Å². The highest BCUT2D eigenvalue weighted by Gasteiger charge is 2.31. The van der Waals surface area contributed by atoms with Crippen LogP contribution in [0.3, 0.4) is 0 Å². The smallest absolute Gasteiger partial charge is 0.255 e. The summed E-state index contributed by atoms with van der Waals surface area (Å²) in [6.07, 6.45) is 0.291. The Hall–Kier alpha value is -3.26. The van der Waals surface area contributed by atoms with E-state index in [4.69, 9.17) is 10.5 Å². The number of aromatic nitrogens is 1. The second kappa shape index (κ2) is 7.40. The number of ether oxygens (including phenoxy) is 1. The van der Waals surface area contributed by atoms with Gasteiger partial charge in [0.15, 0.2) is 6.61 Å². The lowest BCUT2D eigenvalue weighted by Crippen LogP contribution is -2.22. The summed E-state index contributed by atoms with van der Waals surface area (Å²) in [5, 5.41) is 2.88. The molecule has 1 aromatic heterocycles. The Morgan fingerprint density at radius 1 is 1.29 bits per heavy atom. The Bertz CT molecular complexity index is 1050. The van der Waals surface area contributed by atoms with Crippen LogP contribution in [-0.2, 0) is 9.59 Å². The fourth-order valence-electron chi connectivity index (χ4n) is 3.18. The molecule has 28 heavy (non-hydrogen) atoms. The summed E-state index contributed by atoms with van der Waals surface area (Å²) in [6.45, 7) is -0.193. The maximum absolute atomic E-state index is 13.6. The lowest BCUT2D eigenvalue weighted by Gasteiger charge is -2.23. The molecule has 0 unspecified atom stereocenters. The number of anilines is 1. The first-order valence-electron chi connectivity index (χ1n) is 8.57. The standard InChI is InChI=1S/C20H16FN3O3S/c21-13-3-1-2-12(8-13)18-19-20(28-24-18)15(9-17(26)23-19)11-4-6-14(7-5-11)27-10-16(22)25/h1-8,15H,9-10H2,(H2,22,25)(H,23,26)/t15-/m1/s1. The molecule has 0 aliphatic carbocycles. The number of amides is 2. The van der Waals surface area contributed by atoms with Crippen LogP contribution in [-0.4, -0.2) is 22.8 Å². The van der Waals surface area contributed by atoms with Crippen LogP contribution in [0, 0.1) is 5.82 Å². The Labute approximate surface area is 164 Å². The van der Waals surface area contributed by atoms with Crippen molar-refractivity contribution < 1.29 is 18.7 Å². The number of nitrogens with two attached hydrogens (primary N) is 1. The molecule has 1 atom stereocenters. The predicted molar refractivity (Wildman–Crippen MR) is 104 cm³/mol. The molecule has 3 N–H and O–H groups in total. The highest BCUT2D eigenvalue weighted by atomic mass is 32.1. The number of carbonyl (C=O) groups excluding carboxylic acids is 2. The molecule has 0 bridgehead atoms. The van der Waals surface area contributed by atoms with Crippen LogP contribution >= 0.6 is 11.5 Å². The molecule has 2 amide bonds. The molecule has 1 aliphatic heterocycles. The van der Waals surface area contributed by atoms with Gasteiger partial charge in [0, 0.05) is 17.9 Å². The molecule has 3 aromatic rings. The summed E-state index contributed by atoms with van der Waals surface area (Å²) in [6, 6.07) is 13.3. The average Bonchev–Trinajstić information content (AvgIpc) is 3.10. The van der Waals surface area contributed by atoms with Crippen LogP contribution in [0.25, 0.3) is 11.3 Å². The number of halogens is 1. The minimum atomic E-state index is -0.549. The van der Waals surface area contributed by atoms with Gasteiger partial charge in [0.2, 0.25) is 5.91 Å². The van der Waals surface area contributed by atoms with E-state index in [0.29, 0.717) is 29.1 Å². The lowest BCUT2D eigenvalue weighted by molar-refractivity contribution is -0.120. The highest BCUT2D eigenvalue weighted by molar-refractivity contribution is 7.07. The van der Waals surface area contributed by atoms with Crippen molar-refractivity contribution in [3.8, 4) is 17.0 Å². The van der Waals surface area contributed by atoms with Crippen molar-refractivity contribution in [3.05, 3.63) is 64.8 Å². The fourth-order valence-corrected chi connectivity index (χ4v) is 4.15. The van der Waals surface area contributed by atoms with E-state index in [1.54, 1.807) is 24.3 Å². The number of rotatable bonds is 5. The minimum absolute atomic E-state index is 0.121. The van der Waals surface area contributed by atoms with Crippen molar-refractivity contribution >= 4 is 29.0 Å². The van der Waals surface area contributed by atoms with Crippen LogP contribution in [0.15, 0.2) is 48.5 Å². The number of hydrogen-bond donors (Lipinski definition) is 2. The Morgan fingerprint density at radius 2 is 2.07 bits per heavy atom.